The lowest BCUT2D eigenvalue weighted by Gasteiger charge is -2.26. The summed E-state index contributed by atoms with van der Waals surface area (Å²) in [5.41, 5.74) is 7.07. The van der Waals surface area contributed by atoms with Crippen molar-refractivity contribution in [2.24, 2.45) is 16.6 Å². The molecule has 0 fully saturated rings. The zero-order chi connectivity index (χ0) is 16.7. The second-order valence-corrected chi connectivity index (χ2v) is 5.94. The molecule has 1 aliphatic heterocycles. The van der Waals surface area contributed by atoms with Crippen LogP contribution in [0.1, 0.15) is 38.3 Å². The van der Waals surface area contributed by atoms with Gasteiger partial charge in [-0.3, -0.25) is 9.79 Å². The van der Waals surface area contributed by atoms with Crippen molar-refractivity contribution in [1.82, 2.24) is 10.6 Å². The molecule has 6 nitrogen and oxygen atoms in total. The van der Waals surface area contributed by atoms with Crippen LogP contribution < -0.4 is 21.1 Å². The number of fused-ring (bicyclic) bond motifs is 1. The van der Waals surface area contributed by atoms with Gasteiger partial charge in [-0.1, -0.05) is 32.0 Å². The molecule has 4 N–H and O–H groups in total. The van der Waals surface area contributed by atoms with Gasteiger partial charge >= 0.3 is 0 Å². The zero-order valence-electron chi connectivity index (χ0n) is 14.2. The largest absolute Gasteiger partial charge is 0.493 e. The van der Waals surface area contributed by atoms with E-state index in [4.69, 9.17) is 10.5 Å². The number of amides is 1. The molecule has 1 aliphatic rings. The fourth-order valence-electron chi connectivity index (χ4n) is 2.41. The van der Waals surface area contributed by atoms with Gasteiger partial charge in [-0.2, -0.15) is 0 Å². The lowest BCUT2D eigenvalue weighted by molar-refractivity contribution is -0.123. The van der Waals surface area contributed by atoms with Crippen molar-refractivity contribution in [2.75, 3.05) is 19.7 Å². The molecule has 0 bridgehead atoms. The van der Waals surface area contributed by atoms with Gasteiger partial charge in [0, 0.05) is 31.0 Å². The summed E-state index contributed by atoms with van der Waals surface area (Å²) in [6.07, 6.45) is 1.63. The van der Waals surface area contributed by atoms with Crippen molar-refractivity contribution >= 4 is 35.8 Å². The second-order valence-electron chi connectivity index (χ2n) is 5.94. The number of guanidine groups is 1. The van der Waals surface area contributed by atoms with Gasteiger partial charge in [0.15, 0.2) is 5.96 Å². The summed E-state index contributed by atoms with van der Waals surface area (Å²) < 4.78 is 5.63. The van der Waals surface area contributed by atoms with Crippen molar-refractivity contribution in [1.29, 1.82) is 0 Å². The smallest absolute Gasteiger partial charge is 0.222 e. The first-order chi connectivity index (χ1) is 11.1. The minimum Gasteiger partial charge on any atom is -0.493 e. The first kappa shape index (κ1) is 20.5. The van der Waals surface area contributed by atoms with Crippen LogP contribution in [0.2, 0.25) is 0 Å². The number of carbonyl (C=O) groups excluding carboxylic acids is 1. The Morgan fingerprint density at radius 3 is 2.92 bits per heavy atom. The highest BCUT2D eigenvalue weighted by Gasteiger charge is 2.21. The molecule has 1 amide bonds. The SMILES string of the molecule is CC(C)C(=O)NCCCN=C(N)NC1CCOc2ccccc21.I. The van der Waals surface area contributed by atoms with Crippen LogP contribution in [-0.2, 0) is 4.79 Å². The fourth-order valence-corrected chi connectivity index (χ4v) is 2.41. The number of nitrogens with two attached hydrogens (primary N) is 1. The highest BCUT2D eigenvalue weighted by Crippen LogP contribution is 2.31. The summed E-state index contributed by atoms with van der Waals surface area (Å²) in [7, 11) is 0. The summed E-state index contributed by atoms with van der Waals surface area (Å²) in [4.78, 5) is 15.7. The zero-order valence-corrected chi connectivity index (χ0v) is 16.6. The van der Waals surface area contributed by atoms with E-state index in [9.17, 15) is 4.79 Å². The van der Waals surface area contributed by atoms with Crippen LogP contribution in [0.3, 0.4) is 0 Å². The number of nitrogens with zero attached hydrogens (tertiary/aromatic N) is 1. The third-order valence-electron chi connectivity index (χ3n) is 3.72. The molecule has 0 aliphatic carbocycles. The van der Waals surface area contributed by atoms with Crippen molar-refractivity contribution < 1.29 is 9.53 Å². The number of nitrogens with one attached hydrogen (secondary N) is 2. The molecule has 24 heavy (non-hydrogen) atoms. The van der Waals surface area contributed by atoms with Crippen molar-refractivity contribution in [3.8, 4) is 5.75 Å². The predicted octanol–water partition coefficient (Wildman–Crippen LogP) is 2.19. The maximum absolute atomic E-state index is 11.4. The number of aliphatic imine (C=N–C) groups is 1. The number of benzene rings is 1. The van der Waals surface area contributed by atoms with E-state index in [-0.39, 0.29) is 41.8 Å². The predicted molar refractivity (Wildman–Crippen MR) is 107 cm³/mol. The van der Waals surface area contributed by atoms with Crippen LogP contribution >= 0.6 is 24.0 Å². The third-order valence-corrected chi connectivity index (χ3v) is 3.72. The number of hydrogen-bond acceptors (Lipinski definition) is 3. The molecule has 1 unspecified atom stereocenters. The van der Waals surface area contributed by atoms with Gasteiger partial charge in [-0.15, -0.1) is 24.0 Å². The average Bonchev–Trinajstić information content (AvgIpc) is 2.54. The minimum atomic E-state index is 0. The quantitative estimate of drug-likeness (QED) is 0.271. The molecule has 134 valence electrons. The number of para-hydroxylation sites is 1. The Balaban J connectivity index is 0.00000288. The standard InChI is InChI=1S/C17H26N4O2.HI/c1-12(2)16(22)19-9-5-10-20-17(18)21-14-8-11-23-15-7-4-3-6-13(14)15;/h3-4,6-7,12,14H,5,8-11H2,1-2H3,(H,19,22)(H3,18,20,21);1H. The van der Waals surface area contributed by atoms with Gasteiger partial charge in [0.1, 0.15) is 5.75 Å². The highest BCUT2D eigenvalue weighted by atomic mass is 127. The molecule has 0 aromatic heterocycles. The molecule has 1 atom stereocenters. The summed E-state index contributed by atoms with van der Waals surface area (Å²) in [6, 6.07) is 8.09. The van der Waals surface area contributed by atoms with Gasteiger partial charge in [-0.05, 0) is 12.5 Å². The average molecular weight is 446 g/mol. The van der Waals surface area contributed by atoms with Gasteiger partial charge in [-0.25, -0.2) is 0 Å². The van der Waals surface area contributed by atoms with Crippen LogP contribution in [0, 0.1) is 5.92 Å². The van der Waals surface area contributed by atoms with Gasteiger partial charge in [0.05, 0.1) is 12.6 Å². The highest BCUT2D eigenvalue weighted by molar-refractivity contribution is 14.0. The molecular formula is C17H27IN4O2. The maximum Gasteiger partial charge on any atom is 0.222 e. The summed E-state index contributed by atoms with van der Waals surface area (Å²) in [5, 5.41) is 6.12. The molecule has 0 radical (unpaired) electrons. The van der Waals surface area contributed by atoms with E-state index in [0.717, 1.165) is 24.2 Å². The third kappa shape index (κ3) is 6.18. The van der Waals surface area contributed by atoms with E-state index in [2.05, 4.69) is 15.6 Å². The van der Waals surface area contributed by atoms with Gasteiger partial charge in [0.2, 0.25) is 5.91 Å². The Labute approximate surface area is 160 Å². The van der Waals surface area contributed by atoms with E-state index in [0.29, 0.717) is 25.7 Å². The first-order valence-electron chi connectivity index (χ1n) is 8.14. The minimum absolute atomic E-state index is 0. The molecule has 7 heteroatoms. The van der Waals surface area contributed by atoms with Crippen molar-refractivity contribution in [3.05, 3.63) is 29.8 Å². The number of ether oxygens (including phenoxy) is 1. The molecule has 2 rings (SSSR count). The lowest BCUT2D eigenvalue weighted by atomic mass is 10.0. The van der Waals surface area contributed by atoms with E-state index in [1.807, 2.05) is 38.1 Å². The number of rotatable bonds is 6. The normalized spacial score (nSPS) is 16.6. The van der Waals surface area contributed by atoms with Crippen LogP contribution in [0.5, 0.6) is 5.75 Å². The summed E-state index contributed by atoms with van der Waals surface area (Å²) in [5.74, 6) is 1.42. The molecule has 1 heterocycles. The van der Waals surface area contributed by atoms with E-state index in [1.165, 1.54) is 0 Å². The van der Waals surface area contributed by atoms with Crippen LogP contribution in [0.15, 0.2) is 29.3 Å². The molecular weight excluding hydrogens is 419 g/mol. The maximum atomic E-state index is 11.4. The Morgan fingerprint density at radius 1 is 1.42 bits per heavy atom. The summed E-state index contributed by atoms with van der Waals surface area (Å²) >= 11 is 0. The molecule has 0 spiro atoms. The Hall–Kier alpha value is -1.51. The number of halogens is 1. The first-order valence-corrected chi connectivity index (χ1v) is 8.14. The molecule has 1 aromatic carbocycles. The second kappa shape index (κ2) is 10.4. The van der Waals surface area contributed by atoms with Crippen molar-refractivity contribution in [3.63, 3.8) is 0 Å². The molecule has 0 saturated carbocycles. The number of carbonyl (C=O) groups is 1. The topological polar surface area (TPSA) is 88.7 Å². The Bertz CT molecular complexity index is 563. The van der Waals surface area contributed by atoms with Crippen LogP contribution in [-0.4, -0.2) is 31.6 Å². The fraction of sp³-hybridized carbons (Fsp3) is 0.529. The monoisotopic (exact) mass is 446 g/mol. The summed E-state index contributed by atoms with van der Waals surface area (Å²) in [6.45, 7) is 5.63. The van der Waals surface area contributed by atoms with Gasteiger partial charge in [0.25, 0.3) is 0 Å². The van der Waals surface area contributed by atoms with E-state index < -0.39 is 0 Å². The molecule has 1 aromatic rings. The van der Waals surface area contributed by atoms with Crippen molar-refractivity contribution in [2.45, 2.75) is 32.7 Å². The lowest BCUT2D eigenvalue weighted by Crippen LogP contribution is -2.37. The van der Waals surface area contributed by atoms with Gasteiger partial charge < -0.3 is 21.1 Å². The molecule has 0 saturated heterocycles. The Morgan fingerprint density at radius 2 is 2.17 bits per heavy atom. The van der Waals surface area contributed by atoms with E-state index in [1.54, 1.807) is 0 Å². The number of hydrogen-bond donors (Lipinski definition) is 3. The van der Waals surface area contributed by atoms with E-state index >= 15 is 0 Å². The van der Waals surface area contributed by atoms with Crippen LogP contribution in [0.25, 0.3) is 0 Å². The van der Waals surface area contributed by atoms with Crippen LogP contribution in [0.4, 0.5) is 0 Å². The Kier molecular flexibility index (Phi) is 8.88.